The number of esters is 1. The van der Waals surface area contributed by atoms with E-state index >= 15 is 0 Å². The Balaban J connectivity index is 2.44. The fourth-order valence-electron chi connectivity index (χ4n) is 2.39. The van der Waals surface area contributed by atoms with Crippen LogP contribution in [0.3, 0.4) is 0 Å². The predicted octanol–water partition coefficient (Wildman–Crippen LogP) is 2.69. The van der Waals surface area contributed by atoms with Gasteiger partial charge < -0.3 is 9.84 Å². The zero-order valence-corrected chi connectivity index (χ0v) is 12.8. The molecule has 1 N–H and O–H groups in total. The van der Waals surface area contributed by atoms with Gasteiger partial charge in [0.1, 0.15) is 5.60 Å². The van der Waals surface area contributed by atoms with Crippen molar-refractivity contribution in [2.24, 2.45) is 0 Å². The molecule has 0 aromatic heterocycles. The summed E-state index contributed by atoms with van der Waals surface area (Å²) in [6.07, 6.45) is 5.99. The highest BCUT2D eigenvalue weighted by atomic mass is 16.5. The second kappa shape index (κ2) is 6.12. The third-order valence-corrected chi connectivity index (χ3v) is 3.69. The van der Waals surface area contributed by atoms with Crippen LogP contribution in [0.5, 0.6) is 0 Å². The molecule has 0 aliphatic heterocycles. The standard InChI is InChI=1S/C18H18O4/c1-12(10-17(20)22-3)8-9-18(21)13(2)11-16(19)14-6-4-5-7-15(14)18/h4-11,21H,1-3H3. The van der Waals surface area contributed by atoms with Crippen LogP contribution in [0.2, 0.25) is 0 Å². The van der Waals surface area contributed by atoms with Gasteiger partial charge in [-0.1, -0.05) is 30.3 Å². The maximum atomic E-state index is 12.0. The summed E-state index contributed by atoms with van der Waals surface area (Å²) in [6.45, 7) is 3.44. The molecule has 2 rings (SSSR count). The summed E-state index contributed by atoms with van der Waals surface area (Å²) in [5.41, 5.74) is 0.841. The highest BCUT2D eigenvalue weighted by molar-refractivity contribution is 6.08. The van der Waals surface area contributed by atoms with Crippen LogP contribution in [0.25, 0.3) is 0 Å². The molecular weight excluding hydrogens is 280 g/mol. The minimum atomic E-state index is -1.37. The number of hydrogen-bond acceptors (Lipinski definition) is 4. The molecule has 1 aliphatic carbocycles. The van der Waals surface area contributed by atoms with E-state index in [9.17, 15) is 14.7 Å². The van der Waals surface area contributed by atoms with Gasteiger partial charge in [-0.05, 0) is 37.1 Å². The van der Waals surface area contributed by atoms with Crippen molar-refractivity contribution in [2.75, 3.05) is 7.11 Å². The van der Waals surface area contributed by atoms with Crippen molar-refractivity contribution in [3.63, 3.8) is 0 Å². The van der Waals surface area contributed by atoms with Gasteiger partial charge in [0.2, 0.25) is 0 Å². The Morgan fingerprint density at radius 1 is 1.32 bits per heavy atom. The Labute approximate surface area is 129 Å². The average molecular weight is 298 g/mol. The largest absolute Gasteiger partial charge is 0.466 e. The number of ether oxygens (including phenoxy) is 1. The maximum absolute atomic E-state index is 12.0. The fraction of sp³-hybridized carbons (Fsp3) is 0.222. The van der Waals surface area contributed by atoms with Crippen LogP contribution in [0.4, 0.5) is 0 Å². The lowest BCUT2D eigenvalue weighted by Gasteiger charge is -2.31. The molecule has 0 fully saturated rings. The molecule has 0 amide bonds. The lowest BCUT2D eigenvalue weighted by Crippen LogP contribution is -2.31. The number of fused-ring (bicyclic) bond motifs is 1. The molecule has 0 bridgehead atoms. The SMILES string of the molecule is COC(=O)C=C(C)C=CC1(O)C(C)=CC(=O)c2ccccc21. The van der Waals surface area contributed by atoms with Crippen LogP contribution >= 0.6 is 0 Å². The number of aliphatic hydroxyl groups is 1. The number of ketones is 1. The Morgan fingerprint density at radius 3 is 2.68 bits per heavy atom. The zero-order chi connectivity index (χ0) is 16.3. The quantitative estimate of drug-likeness (QED) is 0.529. The van der Waals surface area contributed by atoms with Gasteiger partial charge in [-0.3, -0.25) is 4.79 Å². The van der Waals surface area contributed by atoms with E-state index in [0.717, 1.165) is 0 Å². The minimum absolute atomic E-state index is 0.118. The first-order valence-corrected chi connectivity index (χ1v) is 6.89. The number of rotatable bonds is 3. The fourth-order valence-corrected chi connectivity index (χ4v) is 2.39. The van der Waals surface area contributed by atoms with E-state index < -0.39 is 11.6 Å². The van der Waals surface area contributed by atoms with E-state index in [1.807, 2.05) is 0 Å². The Hall–Kier alpha value is -2.46. The third-order valence-electron chi connectivity index (χ3n) is 3.69. The van der Waals surface area contributed by atoms with Gasteiger partial charge in [-0.25, -0.2) is 4.79 Å². The Morgan fingerprint density at radius 2 is 2.00 bits per heavy atom. The van der Waals surface area contributed by atoms with E-state index in [2.05, 4.69) is 4.74 Å². The molecule has 4 nitrogen and oxygen atoms in total. The van der Waals surface area contributed by atoms with Crippen molar-refractivity contribution in [1.82, 2.24) is 0 Å². The average Bonchev–Trinajstić information content (AvgIpc) is 2.51. The number of allylic oxidation sites excluding steroid dienone is 3. The summed E-state index contributed by atoms with van der Waals surface area (Å²) >= 11 is 0. The molecule has 4 heteroatoms. The number of hydrogen-bond donors (Lipinski definition) is 1. The van der Waals surface area contributed by atoms with E-state index in [1.165, 1.54) is 19.3 Å². The lowest BCUT2D eigenvalue weighted by molar-refractivity contribution is -0.134. The Bertz CT molecular complexity index is 710. The Kier molecular flexibility index (Phi) is 4.43. The van der Waals surface area contributed by atoms with Crippen molar-refractivity contribution >= 4 is 11.8 Å². The molecule has 0 radical (unpaired) electrons. The lowest BCUT2D eigenvalue weighted by atomic mass is 9.78. The molecule has 1 aromatic carbocycles. The van der Waals surface area contributed by atoms with E-state index in [0.29, 0.717) is 22.3 Å². The smallest absolute Gasteiger partial charge is 0.330 e. The molecule has 1 aliphatic rings. The van der Waals surface area contributed by atoms with Crippen LogP contribution in [0, 0.1) is 0 Å². The molecular formula is C18H18O4. The molecule has 0 spiro atoms. The first-order valence-electron chi connectivity index (χ1n) is 6.89. The van der Waals surface area contributed by atoms with Crippen LogP contribution in [-0.2, 0) is 15.1 Å². The monoisotopic (exact) mass is 298 g/mol. The first-order chi connectivity index (χ1) is 10.4. The highest BCUT2D eigenvalue weighted by Gasteiger charge is 2.35. The van der Waals surface area contributed by atoms with Crippen molar-refractivity contribution in [3.05, 3.63) is 70.8 Å². The molecule has 114 valence electrons. The number of carbonyl (C=O) groups excluding carboxylic acids is 2. The summed E-state index contributed by atoms with van der Waals surface area (Å²) in [6, 6.07) is 6.96. The van der Waals surface area contributed by atoms with Crippen molar-refractivity contribution in [2.45, 2.75) is 19.4 Å². The van der Waals surface area contributed by atoms with E-state index in [-0.39, 0.29) is 5.78 Å². The van der Waals surface area contributed by atoms with Crippen molar-refractivity contribution < 1.29 is 19.4 Å². The second-order valence-electron chi connectivity index (χ2n) is 5.25. The molecule has 0 saturated heterocycles. The van der Waals surface area contributed by atoms with Crippen molar-refractivity contribution in [3.8, 4) is 0 Å². The summed E-state index contributed by atoms with van der Waals surface area (Å²) in [5, 5.41) is 11.0. The third kappa shape index (κ3) is 2.92. The molecule has 22 heavy (non-hydrogen) atoms. The van der Waals surface area contributed by atoms with E-state index in [4.69, 9.17) is 0 Å². The van der Waals surface area contributed by atoms with Gasteiger partial charge >= 0.3 is 5.97 Å². The van der Waals surface area contributed by atoms with Gasteiger partial charge in [0, 0.05) is 17.2 Å². The second-order valence-corrected chi connectivity index (χ2v) is 5.25. The summed E-state index contributed by atoms with van der Waals surface area (Å²) < 4.78 is 4.56. The van der Waals surface area contributed by atoms with Gasteiger partial charge in [-0.15, -0.1) is 0 Å². The summed E-state index contributed by atoms with van der Waals surface area (Å²) in [5.74, 6) is -0.575. The summed E-state index contributed by atoms with van der Waals surface area (Å²) in [4.78, 5) is 23.2. The minimum Gasteiger partial charge on any atom is -0.466 e. The predicted molar refractivity (Wildman–Crippen MR) is 83.3 cm³/mol. The van der Waals surface area contributed by atoms with Crippen LogP contribution < -0.4 is 0 Å². The van der Waals surface area contributed by atoms with Crippen LogP contribution in [0.15, 0.2) is 59.7 Å². The zero-order valence-electron chi connectivity index (χ0n) is 12.8. The molecule has 1 aromatic rings. The first kappa shape index (κ1) is 15.9. The van der Waals surface area contributed by atoms with Crippen LogP contribution in [0.1, 0.15) is 29.8 Å². The normalized spacial score (nSPS) is 21.5. The molecule has 0 saturated carbocycles. The number of carbonyl (C=O) groups is 2. The topological polar surface area (TPSA) is 63.6 Å². The van der Waals surface area contributed by atoms with Gasteiger partial charge in [0.25, 0.3) is 0 Å². The van der Waals surface area contributed by atoms with Gasteiger partial charge in [0.15, 0.2) is 5.78 Å². The number of methoxy groups -OCH3 is 1. The number of benzene rings is 1. The van der Waals surface area contributed by atoms with Gasteiger partial charge in [-0.2, -0.15) is 0 Å². The van der Waals surface area contributed by atoms with Gasteiger partial charge in [0.05, 0.1) is 7.11 Å². The maximum Gasteiger partial charge on any atom is 0.330 e. The van der Waals surface area contributed by atoms with E-state index in [1.54, 1.807) is 50.3 Å². The molecule has 1 unspecified atom stereocenters. The summed E-state index contributed by atoms with van der Waals surface area (Å²) in [7, 11) is 1.30. The van der Waals surface area contributed by atoms with Crippen molar-refractivity contribution in [1.29, 1.82) is 0 Å². The van der Waals surface area contributed by atoms with Crippen LogP contribution in [-0.4, -0.2) is 24.0 Å². The molecule has 0 heterocycles. The molecule has 1 atom stereocenters. The highest BCUT2D eigenvalue weighted by Crippen LogP contribution is 2.37.